The molecule has 0 aromatic rings. The third kappa shape index (κ3) is 4.93. The molecule has 1 atom stereocenters. The molecule has 1 rings (SSSR count). The van der Waals surface area contributed by atoms with Crippen molar-refractivity contribution < 1.29 is 0 Å². The summed E-state index contributed by atoms with van der Waals surface area (Å²) in [6, 6.07) is 2.59. The van der Waals surface area contributed by atoms with Gasteiger partial charge in [0.1, 0.15) is 0 Å². The summed E-state index contributed by atoms with van der Waals surface area (Å²) in [7, 11) is 0. The minimum Gasteiger partial charge on any atom is -0.198 e. The molecule has 0 N–H and O–H groups in total. The lowest BCUT2D eigenvalue weighted by Gasteiger charge is -2.27. The number of unbranched alkanes of at least 4 members (excludes halogenated alkanes) is 4. The van der Waals surface area contributed by atoms with Gasteiger partial charge in [0.2, 0.25) is 0 Å². The van der Waals surface area contributed by atoms with Gasteiger partial charge in [-0.05, 0) is 25.7 Å². The van der Waals surface area contributed by atoms with E-state index in [0.717, 1.165) is 32.1 Å². The highest BCUT2D eigenvalue weighted by atomic mass is 15.4. The fraction of sp³-hybridized carbons (Fsp3) is 0.938. The standard InChI is InChI=1S/C16H29N3/c1-4-7-9-10-11-15(6-3,14-17)13-16(18-19-16)12-8-5-2/h4-13H2,1-3H3. The Bertz CT molecular complexity index is 323. The minimum atomic E-state index is -0.203. The summed E-state index contributed by atoms with van der Waals surface area (Å²) in [6.45, 7) is 6.55. The van der Waals surface area contributed by atoms with Crippen LogP contribution in [0.25, 0.3) is 0 Å². The highest BCUT2D eigenvalue weighted by molar-refractivity contribution is 5.07. The smallest absolute Gasteiger partial charge is 0.192 e. The van der Waals surface area contributed by atoms with Crippen molar-refractivity contribution in [1.29, 1.82) is 5.26 Å². The third-order valence-electron chi connectivity index (χ3n) is 4.36. The topological polar surface area (TPSA) is 48.5 Å². The molecule has 0 saturated heterocycles. The molecule has 0 amide bonds. The lowest BCUT2D eigenvalue weighted by Crippen LogP contribution is -2.27. The first-order valence-electron chi connectivity index (χ1n) is 8.01. The SMILES string of the molecule is CCCCCCC(C#N)(CC)CC1(CCCC)N=N1. The van der Waals surface area contributed by atoms with Gasteiger partial charge < -0.3 is 0 Å². The molecule has 108 valence electrons. The van der Waals surface area contributed by atoms with Gasteiger partial charge in [-0.15, -0.1) is 0 Å². The summed E-state index contributed by atoms with van der Waals surface area (Å²) in [5.74, 6) is 0. The van der Waals surface area contributed by atoms with Crippen LogP contribution in [0.1, 0.15) is 85.0 Å². The molecule has 3 heteroatoms. The molecule has 1 aliphatic heterocycles. The van der Waals surface area contributed by atoms with Crippen LogP contribution in [-0.2, 0) is 0 Å². The van der Waals surface area contributed by atoms with E-state index in [1.165, 1.54) is 32.1 Å². The molecule has 0 radical (unpaired) electrons. The lowest BCUT2D eigenvalue weighted by atomic mass is 9.74. The highest BCUT2D eigenvalue weighted by Gasteiger charge is 2.46. The molecule has 19 heavy (non-hydrogen) atoms. The summed E-state index contributed by atoms with van der Waals surface area (Å²) in [6.07, 6.45) is 11.1. The van der Waals surface area contributed by atoms with Crippen LogP contribution in [-0.4, -0.2) is 5.66 Å². The molecule has 0 saturated carbocycles. The summed E-state index contributed by atoms with van der Waals surface area (Å²) in [5, 5.41) is 18.2. The molecule has 0 spiro atoms. The average Bonchev–Trinajstić information content (AvgIpc) is 3.20. The van der Waals surface area contributed by atoms with Crippen LogP contribution in [0.4, 0.5) is 0 Å². The molecular weight excluding hydrogens is 234 g/mol. The van der Waals surface area contributed by atoms with Crippen LogP contribution in [0.2, 0.25) is 0 Å². The second-order valence-electron chi connectivity index (χ2n) is 6.02. The van der Waals surface area contributed by atoms with E-state index in [1.54, 1.807) is 0 Å². The monoisotopic (exact) mass is 263 g/mol. The average molecular weight is 263 g/mol. The fourth-order valence-corrected chi connectivity index (χ4v) is 2.79. The molecule has 0 fully saturated rings. The maximum atomic E-state index is 9.62. The van der Waals surface area contributed by atoms with Crippen LogP contribution >= 0.6 is 0 Å². The van der Waals surface area contributed by atoms with Gasteiger partial charge in [0.05, 0.1) is 11.5 Å². The number of hydrogen-bond acceptors (Lipinski definition) is 3. The molecule has 1 aliphatic rings. The first-order chi connectivity index (χ1) is 9.16. The Kier molecular flexibility index (Phi) is 6.48. The first-order valence-corrected chi connectivity index (χ1v) is 8.01. The number of nitrogens with zero attached hydrogens (tertiary/aromatic N) is 3. The Morgan fingerprint density at radius 2 is 1.68 bits per heavy atom. The van der Waals surface area contributed by atoms with Crippen LogP contribution < -0.4 is 0 Å². The molecule has 0 aromatic heterocycles. The zero-order chi connectivity index (χ0) is 14.2. The molecule has 0 bridgehead atoms. The van der Waals surface area contributed by atoms with Crippen molar-refractivity contribution in [3.8, 4) is 6.07 Å². The quantitative estimate of drug-likeness (QED) is 0.446. The molecular formula is C16H29N3. The Morgan fingerprint density at radius 3 is 2.16 bits per heavy atom. The van der Waals surface area contributed by atoms with Crippen molar-refractivity contribution in [2.24, 2.45) is 15.6 Å². The molecule has 1 heterocycles. The van der Waals surface area contributed by atoms with Crippen LogP contribution in [0.5, 0.6) is 0 Å². The zero-order valence-corrected chi connectivity index (χ0v) is 12.9. The van der Waals surface area contributed by atoms with Gasteiger partial charge in [0, 0.05) is 6.42 Å². The highest BCUT2D eigenvalue weighted by Crippen LogP contribution is 2.47. The Hall–Kier alpha value is -0.910. The van der Waals surface area contributed by atoms with Gasteiger partial charge in [0.15, 0.2) is 5.66 Å². The molecule has 1 unspecified atom stereocenters. The molecule has 0 aliphatic carbocycles. The van der Waals surface area contributed by atoms with Gasteiger partial charge in [-0.25, -0.2) is 0 Å². The Balaban J connectivity index is 2.49. The van der Waals surface area contributed by atoms with Gasteiger partial charge in [-0.1, -0.05) is 52.9 Å². The molecule has 3 nitrogen and oxygen atoms in total. The Labute approximate surface area is 118 Å². The van der Waals surface area contributed by atoms with Crippen LogP contribution in [0, 0.1) is 16.7 Å². The summed E-state index contributed by atoms with van der Waals surface area (Å²) < 4.78 is 0. The van der Waals surface area contributed by atoms with Crippen molar-refractivity contribution in [2.45, 2.75) is 90.6 Å². The van der Waals surface area contributed by atoms with Crippen molar-refractivity contribution in [2.75, 3.05) is 0 Å². The van der Waals surface area contributed by atoms with Gasteiger partial charge in [0.25, 0.3) is 0 Å². The van der Waals surface area contributed by atoms with E-state index >= 15 is 0 Å². The van der Waals surface area contributed by atoms with Crippen molar-refractivity contribution >= 4 is 0 Å². The normalized spacial score (nSPS) is 18.8. The van der Waals surface area contributed by atoms with E-state index in [4.69, 9.17) is 0 Å². The third-order valence-corrected chi connectivity index (χ3v) is 4.36. The van der Waals surface area contributed by atoms with Gasteiger partial charge in [-0.3, -0.25) is 0 Å². The minimum absolute atomic E-state index is 0.188. The van der Waals surface area contributed by atoms with Crippen LogP contribution in [0.15, 0.2) is 10.2 Å². The van der Waals surface area contributed by atoms with E-state index < -0.39 is 0 Å². The second-order valence-corrected chi connectivity index (χ2v) is 6.02. The van der Waals surface area contributed by atoms with E-state index in [1.807, 2.05) is 0 Å². The lowest BCUT2D eigenvalue weighted by molar-refractivity contribution is 0.258. The van der Waals surface area contributed by atoms with Crippen LogP contribution in [0.3, 0.4) is 0 Å². The van der Waals surface area contributed by atoms with E-state index in [-0.39, 0.29) is 11.1 Å². The summed E-state index contributed by atoms with van der Waals surface area (Å²) >= 11 is 0. The van der Waals surface area contributed by atoms with Crippen molar-refractivity contribution in [1.82, 2.24) is 0 Å². The number of nitriles is 1. The van der Waals surface area contributed by atoms with Crippen molar-refractivity contribution in [3.05, 3.63) is 0 Å². The largest absolute Gasteiger partial charge is 0.198 e. The molecule has 0 aromatic carbocycles. The zero-order valence-electron chi connectivity index (χ0n) is 12.9. The fourth-order valence-electron chi connectivity index (χ4n) is 2.79. The van der Waals surface area contributed by atoms with Gasteiger partial charge in [-0.2, -0.15) is 15.5 Å². The summed E-state index contributed by atoms with van der Waals surface area (Å²) in [4.78, 5) is 0. The van der Waals surface area contributed by atoms with E-state index in [0.29, 0.717) is 0 Å². The predicted octanol–water partition coefficient (Wildman–Crippen LogP) is 5.62. The summed E-state index contributed by atoms with van der Waals surface area (Å²) in [5.41, 5.74) is -0.391. The first kappa shape index (κ1) is 16.1. The second kappa shape index (κ2) is 7.62. The Morgan fingerprint density at radius 1 is 1.00 bits per heavy atom. The van der Waals surface area contributed by atoms with Crippen molar-refractivity contribution in [3.63, 3.8) is 0 Å². The predicted molar refractivity (Wildman–Crippen MR) is 78.8 cm³/mol. The maximum Gasteiger partial charge on any atom is 0.192 e. The maximum absolute atomic E-state index is 9.62. The number of rotatable bonds is 11. The van der Waals surface area contributed by atoms with E-state index in [2.05, 4.69) is 37.1 Å². The van der Waals surface area contributed by atoms with Gasteiger partial charge >= 0.3 is 0 Å². The number of hydrogen-bond donors (Lipinski definition) is 0. The van der Waals surface area contributed by atoms with E-state index in [9.17, 15) is 5.26 Å².